The van der Waals surface area contributed by atoms with E-state index < -0.39 is 5.43 Å². The van der Waals surface area contributed by atoms with E-state index in [9.17, 15) is 0 Å². The molecule has 6 rings (SSSR count). The van der Waals surface area contributed by atoms with E-state index in [4.69, 9.17) is 0 Å². The minimum absolute atomic E-state index is 0.194. The standard InChI is InChI=1S/C21H25.C12H10Si.C5H5.Zr/c1-20(2,3)16-9-7-14-11-15-8-10-17(21(4,5)6)13-19(15)18(14)12-16;1-3-7-11(8-4-1)13-12-9-5-2-6-10-12;1-2-4-5-3-1;/h7-13H,1-6H3;1-10H;1-5H;/q-1;;-1;+2. The SMILES string of the molecule is CC(C)(C)c1ccc2[cH-]c3ccc(C(C)(C)C)cc3c2c1.[Zr+2]=[Si](c1ccccc1)c1ccccc1.c1cc[cH-]c1. The quantitative estimate of drug-likeness (QED) is 0.135. The van der Waals surface area contributed by atoms with E-state index >= 15 is 0 Å². The van der Waals surface area contributed by atoms with Crippen LogP contribution in [0.1, 0.15) is 52.7 Å². The van der Waals surface area contributed by atoms with Crippen LogP contribution in [0.25, 0.3) is 21.5 Å². The van der Waals surface area contributed by atoms with Crippen LogP contribution in [0.15, 0.2) is 133 Å². The Morgan fingerprint density at radius 2 is 0.925 bits per heavy atom. The Labute approximate surface area is 256 Å². The minimum atomic E-state index is -0.455. The molecular formula is C38H40SiZr. The van der Waals surface area contributed by atoms with Gasteiger partial charge in [0.15, 0.2) is 0 Å². The molecule has 0 atom stereocenters. The van der Waals surface area contributed by atoms with Gasteiger partial charge in [0.1, 0.15) is 0 Å². The summed E-state index contributed by atoms with van der Waals surface area (Å²) in [6, 6.07) is 47.8. The molecule has 0 nitrogen and oxygen atoms in total. The summed E-state index contributed by atoms with van der Waals surface area (Å²) in [5.41, 5.74) is 2.75. The van der Waals surface area contributed by atoms with Crippen LogP contribution in [0.5, 0.6) is 0 Å². The molecule has 0 aliphatic rings. The third-order valence-corrected chi connectivity index (χ3v) is 13.2. The second-order valence-corrected chi connectivity index (χ2v) is 17.9. The van der Waals surface area contributed by atoms with E-state index in [0.717, 1.165) is 0 Å². The summed E-state index contributed by atoms with van der Waals surface area (Å²) < 4.78 is 0. The van der Waals surface area contributed by atoms with Crippen molar-refractivity contribution in [3.8, 4) is 0 Å². The zero-order valence-electron chi connectivity index (χ0n) is 24.7. The first-order valence-electron chi connectivity index (χ1n) is 14.0. The van der Waals surface area contributed by atoms with E-state index in [2.05, 4.69) is 145 Å². The first-order chi connectivity index (χ1) is 19.0. The van der Waals surface area contributed by atoms with Gasteiger partial charge in [-0.3, -0.25) is 0 Å². The molecule has 0 spiro atoms. The third kappa shape index (κ3) is 7.90. The number of rotatable bonds is 2. The fourth-order valence-corrected chi connectivity index (χ4v) is 8.47. The fourth-order valence-electron chi connectivity index (χ4n) is 4.63. The second kappa shape index (κ2) is 13.2. The van der Waals surface area contributed by atoms with Gasteiger partial charge >= 0.3 is 99.8 Å². The number of hydrogen-bond acceptors (Lipinski definition) is 0. The minimum Gasteiger partial charge on any atom is -0.214 e. The van der Waals surface area contributed by atoms with Crippen LogP contribution in [0.3, 0.4) is 0 Å². The van der Waals surface area contributed by atoms with Gasteiger partial charge in [-0.15, -0.1) is 39.7 Å². The van der Waals surface area contributed by atoms with Gasteiger partial charge in [-0.1, -0.05) is 76.9 Å². The van der Waals surface area contributed by atoms with Gasteiger partial charge in [0.05, 0.1) is 0 Å². The van der Waals surface area contributed by atoms with Crippen molar-refractivity contribution in [2.45, 2.75) is 52.4 Å². The van der Waals surface area contributed by atoms with Crippen molar-refractivity contribution in [1.82, 2.24) is 0 Å². The van der Waals surface area contributed by atoms with Crippen LogP contribution in [-0.4, -0.2) is 5.43 Å². The summed E-state index contributed by atoms with van der Waals surface area (Å²) in [5, 5.41) is 8.52. The molecule has 0 bridgehead atoms. The van der Waals surface area contributed by atoms with Gasteiger partial charge in [0.25, 0.3) is 0 Å². The molecule has 0 radical (unpaired) electrons. The molecule has 40 heavy (non-hydrogen) atoms. The summed E-state index contributed by atoms with van der Waals surface area (Å²) >= 11 is 1.64. The van der Waals surface area contributed by atoms with Crippen molar-refractivity contribution in [3.63, 3.8) is 0 Å². The average Bonchev–Trinajstić information content (AvgIpc) is 3.64. The monoisotopic (exact) mass is 614 g/mol. The van der Waals surface area contributed by atoms with Gasteiger partial charge in [-0.05, 0) is 10.8 Å². The van der Waals surface area contributed by atoms with Crippen LogP contribution < -0.4 is 10.4 Å². The Hall–Kier alpha value is -2.80. The van der Waals surface area contributed by atoms with Crippen molar-refractivity contribution in [1.29, 1.82) is 0 Å². The Morgan fingerprint density at radius 1 is 0.525 bits per heavy atom. The molecule has 0 heterocycles. The molecule has 0 saturated carbocycles. The molecule has 0 fully saturated rings. The Bertz CT molecular complexity index is 1520. The first kappa shape index (κ1) is 30.2. The molecule has 0 aromatic heterocycles. The van der Waals surface area contributed by atoms with Crippen molar-refractivity contribution in [2.75, 3.05) is 0 Å². The molecule has 0 aliphatic carbocycles. The van der Waals surface area contributed by atoms with Crippen LogP contribution >= 0.6 is 0 Å². The van der Waals surface area contributed by atoms with Crippen molar-refractivity contribution in [2.24, 2.45) is 0 Å². The zero-order valence-corrected chi connectivity index (χ0v) is 28.2. The summed E-state index contributed by atoms with van der Waals surface area (Å²) in [7, 11) is 0. The maximum Gasteiger partial charge on any atom is -0.172 e. The molecule has 6 aromatic carbocycles. The first-order valence-corrected chi connectivity index (χ1v) is 19.2. The zero-order chi connectivity index (χ0) is 28.8. The largest absolute Gasteiger partial charge is 0.214 e. The molecule has 0 amide bonds. The van der Waals surface area contributed by atoms with E-state index in [1.807, 2.05) is 30.3 Å². The van der Waals surface area contributed by atoms with Crippen molar-refractivity contribution < 1.29 is 23.3 Å². The molecular weight excluding hydrogens is 576 g/mol. The van der Waals surface area contributed by atoms with E-state index in [-0.39, 0.29) is 10.8 Å². The molecule has 0 aliphatic heterocycles. The summed E-state index contributed by atoms with van der Waals surface area (Å²) in [6.07, 6.45) is 0. The smallest absolute Gasteiger partial charge is 0.172 e. The normalized spacial score (nSPS) is 11.4. The van der Waals surface area contributed by atoms with Gasteiger partial charge in [0.2, 0.25) is 0 Å². The predicted molar refractivity (Wildman–Crippen MR) is 174 cm³/mol. The Kier molecular flexibility index (Phi) is 9.99. The number of hydrogen-bond donors (Lipinski definition) is 0. The Balaban J connectivity index is 0.000000166. The number of fused-ring (bicyclic) bond motifs is 3. The third-order valence-electron chi connectivity index (χ3n) is 7.12. The average molecular weight is 616 g/mol. The van der Waals surface area contributed by atoms with Crippen molar-refractivity contribution >= 4 is 37.4 Å². The summed E-state index contributed by atoms with van der Waals surface area (Å²) in [6.45, 7) is 13.7. The van der Waals surface area contributed by atoms with Gasteiger partial charge in [-0.2, -0.15) is 18.2 Å². The van der Waals surface area contributed by atoms with Crippen LogP contribution in [0.4, 0.5) is 0 Å². The van der Waals surface area contributed by atoms with Gasteiger partial charge in [0, 0.05) is 0 Å². The molecule has 0 unspecified atom stereocenters. The number of benzene rings is 4. The summed E-state index contributed by atoms with van der Waals surface area (Å²) in [5.74, 6) is 0. The van der Waals surface area contributed by atoms with Crippen LogP contribution in [-0.2, 0) is 34.2 Å². The van der Waals surface area contributed by atoms with Gasteiger partial charge in [-0.25, -0.2) is 12.1 Å². The van der Waals surface area contributed by atoms with Crippen molar-refractivity contribution in [3.05, 3.63) is 145 Å². The molecule has 200 valence electrons. The van der Waals surface area contributed by atoms with E-state index in [1.54, 1.807) is 23.3 Å². The maximum absolute atomic E-state index is 2.38. The van der Waals surface area contributed by atoms with Gasteiger partial charge < -0.3 is 0 Å². The summed E-state index contributed by atoms with van der Waals surface area (Å²) in [4.78, 5) is 0. The molecule has 2 heteroatoms. The fraction of sp³-hybridized carbons (Fsp3) is 0.211. The second-order valence-electron chi connectivity index (χ2n) is 12.3. The topological polar surface area (TPSA) is 0 Å². The predicted octanol–water partition coefficient (Wildman–Crippen LogP) is 9.05. The van der Waals surface area contributed by atoms with Crippen LogP contribution in [0.2, 0.25) is 0 Å². The molecule has 0 saturated heterocycles. The van der Waals surface area contributed by atoms with E-state index in [0.29, 0.717) is 0 Å². The molecule has 0 N–H and O–H groups in total. The van der Waals surface area contributed by atoms with Crippen LogP contribution in [0, 0.1) is 0 Å². The molecule has 6 aromatic rings. The Morgan fingerprint density at radius 3 is 1.25 bits per heavy atom. The van der Waals surface area contributed by atoms with E-state index in [1.165, 1.54) is 43.0 Å². The maximum atomic E-state index is 2.38.